The van der Waals surface area contributed by atoms with E-state index in [0.717, 1.165) is 37.4 Å². The molecule has 1 aromatic rings. The summed E-state index contributed by atoms with van der Waals surface area (Å²) < 4.78 is 5.43. The van der Waals surface area contributed by atoms with Gasteiger partial charge in [0.15, 0.2) is 0 Å². The molecule has 4 nitrogen and oxygen atoms in total. The fourth-order valence-corrected chi connectivity index (χ4v) is 2.96. The van der Waals surface area contributed by atoms with E-state index in [0.29, 0.717) is 6.04 Å². The molecule has 2 rings (SSSR count). The predicted molar refractivity (Wildman–Crippen MR) is 84.7 cm³/mol. The van der Waals surface area contributed by atoms with Crippen molar-refractivity contribution in [3.8, 4) is 5.75 Å². The van der Waals surface area contributed by atoms with Gasteiger partial charge in [-0.25, -0.2) is 0 Å². The zero-order chi connectivity index (χ0) is 15.5. The van der Waals surface area contributed by atoms with Crippen LogP contribution in [0.5, 0.6) is 5.75 Å². The summed E-state index contributed by atoms with van der Waals surface area (Å²) in [6.45, 7) is 8.64. The number of carbonyl (C=O) groups excluding carboxylic acids is 1. The zero-order valence-electron chi connectivity index (χ0n) is 13.5. The molecule has 0 radical (unpaired) electrons. The van der Waals surface area contributed by atoms with Crippen molar-refractivity contribution in [3.63, 3.8) is 0 Å². The minimum Gasteiger partial charge on any atom is -0.496 e. The monoisotopic (exact) mass is 290 g/mol. The van der Waals surface area contributed by atoms with Crippen molar-refractivity contribution in [2.24, 2.45) is 0 Å². The number of nitrogens with one attached hydrogen (secondary N) is 1. The highest BCUT2D eigenvalue weighted by Gasteiger charge is 2.36. The third kappa shape index (κ3) is 3.38. The molecule has 1 fully saturated rings. The lowest BCUT2D eigenvalue weighted by Gasteiger charge is -2.33. The van der Waals surface area contributed by atoms with Crippen LogP contribution < -0.4 is 10.1 Å². The summed E-state index contributed by atoms with van der Waals surface area (Å²) in [5.74, 6) is 0.944. The fourth-order valence-electron chi connectivity index (χ4n) is 2.96. The highest BCUT2D eigenvalue weighted by Crippen LogP contribution is 2.33. The molecule has 0 spiro atoms. The summed E-state index contributed by atoms with van der Waals surface area (Å²) in [5.41, 5.74) is 0.360. The van der Waals surface area contributed by atoms with Crippen molar-refractivity contribution in [2.75, 3.05) is 26.7 Å². The van der Waals surface area contributed by atoms with E-state index in [1.807, 2.05) is 43.0 Å². The van der Waals surface area contributed by atoms with E-state index in [-0.39, 0.29) is 5.91 Å². The number of amides is 1. The Morgan fingerprint density at radius 1 is 1.38 bits per heavy atom. The van der Waals surface area contributed by atoms with Crippen LogP contribution in [-0.4, -0.2) is 43.6 Å². The molecule has 0 bridgehead atoms. The van der Waals surface area contributed by atoms with E-state index in [1.54, 1.807) is 7.11 Å². The first-order chi connectivity index (χ1) is 9.96. The van der Waals surface area contributed by atoms with Gasteiger partial charge in [-0.3, -0.25) is 4.79 Å². The Morgan fingerprint density at radius 2 is 2.10 bits per heavy atom. The number of nitrogens with zero attached hydrogens (tertiary/aromatic N) is 1. The lowest BCUT2D eigenvalue weighted by molar-refractivity contribution is -0.136. The first-order valence-corrected chi connectivity index (χ1v) is 7.63. The Hall–Kier alpha value is -1.55. The van der Waals surface area contributed by atoms with Crippen molar-refractivity contribution in [2.45, 2.75) is 38.6 Å². The number of ether oxygens (including phenoxy) is 1. The largest absolute Gasteiger partial charge is 0.496 e. The van der Waals surface area contributed by atoms with Gasteiger partial charge in [0.25, 0.3) is 0 Å². The van der Waals surface area contributed by atoms with E-state index >= 15 is 0 Å². The van der Waals surface area contributed by atoms with Crippen molar-refractivity contribution in [1.82, 2.24) is 10.2 Å². The highest BCUT2D eigenvalue weighted by molar-refractivity contribution is 5.88. The molecular weight excluding hydrogens is 264 g/mol. The topological polar surface area (TPSA) is 41.6 Å². The Morgan fingerprint density at radius 3 is 2.81 bits per heavy atom. The number of hydrogen-bond donors (Lipinski definition) is 1. The molecule has 4 heteroatoms. The lowest BCUT2D eigenvalue weighted by Crippen LogP contribution is -2.46. The van der Waals surface area contributed by atoms with Crippen molar-refractivity contribution in [1.29, 1.82) is 0 Å². The van der Waals surface area contributed by atoms with Crippen molar-refractivity contribution < 1.29 is 9.53 Å². The molecule has 1 atom stereocenters. The van der Waals surface area contributed by atoms with Gasteiger partial charge in [-0.1, -0.05) is 18.2 Å². The smallest absolute Gasteiger partial charge is 0.232 e. The van der Waals surface area contributed by atoms with Gasteiger partial charge in [0.05, 0.1) is 12.5 Å². The average molecular weight is 290 g/mol. The summed E-state index contributed by atoms with van der Waals surface area (Å²) in [4.78, 5) is 15.0. The first kappa shape index (κ1) is 15.8. The van der Waals surface area contributed by atoms with Gasteiger partial charge in [-0.2, -0.15) is 0 Å². The molecule has 1 unspecified atom stereocenters. The number of para-hydroxylation sites is 1. The van der Waals surface area contributed by atoms with Gasteiger partial charge < -0.3 is 15.0 Å². The number of benzene rings is 1. The Balaban J connectivity index is 2.27. The number of carbonyl (C=O) groups is 1. The second-order valence-corrected chi connectivity index (χ2v) is 6.29. The van der Waals surface area contributed by atoms with E-state index in [2.05, 4.69) is 12.2 Å². The van der Waals surface area contributed by atoms with Gasteiger partial charge in [-0.05, 0) is 39.8 Å². The number of hydrogen-bond acceptors (Lipinski definition) is 3. The van der Waals surface area contributed by atoms with Crippen LogP contribution in [0.2, 0.25) is 0 Å². The summed E-state index contributed by atoms with van der Waals surface area (Å²) in [7, 11) is 1.65. The van der Waals surface area contributed by atoms with Gasteiger partial charge in [0.1, 0.15) is 5.75 Å². The van der Waals surface area contributed by atoms with Crippen LogP contribution in [0, 0.1) is 0 Å². The minimum absolute atomic E-state index is 0.169. The maximum atomic E-state index is 13.0. The minimum atomic E-state index is -0.587. The maximum absolute atomic E-state index is 13.0. The normalized spacial score (nSPS) is 20.0. The Kier molecular flexibility index (Phi) is 4.88. The van der Waals surface area contributed by atoms with E-state index < -0.39 is 5.41 Å². The Bertz CT molecular complexity index is 499. The second kappa shape index (κ2) is 6.48. The quantitative estimate of drug-likeness (QED) is 0.928. The van der Waals surface area contributed by atoms with Crippen LogP contribution in [0.4, 0.5) is 0 Å². The van der Waals surface area contributed by atoms with E-state index in [4.69, 9.17) is 4.74 Å². The molecule has 0 saturated carbocycles. The van der Waals surface area contributed by atoms with Gasteiger partial charge >= 0.3 is 0 Å². The molecule has 116 valence electrons. The number of methoxy groups -OCH3 is 1. The highest BCUT2D eigenvalue weighted by atomic mass is 16.5. The molecule has 21 heavy (non-hydrogen) atoms. The summed E-state index contributed by atoms with van der Waals surface area (Å²) >= 11 is 0. The van der Waals surface area contributed by atoms with Crippen LogP contribution in [0.25, 0.3) is 0 Å². The van der Waals surface area contributed by atoms with Crippen LogP contribution >= 0.6 is 0 Å². The van der Waals surface area contributed by atoms with E-state index in [9.17, 15) is 4.79 Å². The molecule has 1 aromatic carbocycles. The molecular formula is C17H26N2O2. The van der Waals surface area contributed by atoms with Gasteiger partial charge in [-0.15, -0.1) is 0 Å². The molecule has 0 aromatic heterocycles. The second-order valence-electron chi connectivity index (χ2n) is 6.29. The average Bonchev–Trinajstić information content (AvgIpc) is 2.70. The van der Waals surface area contributed by atoms with Crippen molar-refractivity contribution in [3.05, 3.63) is 29.8 Å². The lowest BCUT2D eigenvalue weighted by atomic mass is 9.82. The van der Waals surface area contributed by atoms with Crippen LogP contribution in [0.15, 0.2) is 24.3 Å². The van der Waals surface area contributed by atoms with Gasteiger partial charge in [0.2, 0.25) is 5.91 Å². The molecule has 1 heterocycles. The number of rotatable bonds is 3. The third-order valence-corrected chi connectivity index (χ3v) is 4.19. The van der Waals surface area contributed by atoms with Crippen LogP contribution in [-0.2, 0) is 10.2 Å². The molecule has 1 saturated heterocycles. The van der Waals surface area contributed by atoms with Crippen molar-refractivity contribution >= 4 is 5.91 Å². The Labute approximate surface area is 127 Å². The van der Waals surface area contributed by atoms with E-state index in [1.165, 1.54) is 0 Å². The fraction of sp³-hybridized carbons (Fsp3) is 0.588. The molecule has 1 amide bonds. The van der Waals surface area contributed by atoms with Crippen LogP contribution in [0.1, 0.15) is 32.8 Å². The zero-order valence-corrected chi connectivity index (χ0v) is 13.5. The molecule has 1 aliphatic rings. The molecule has 1 N–H and O–H groups in total. The van der Waals surface area contributed by atoms with Crippen LogP contribution in [0.3, 0.4) is 0 Å². The first-order valence-electron chi connectivity index (χ1n) is 7.63. The standard InChI is InChI=1S/C17H26N2O2/c1-13-12-19(11-7-10-18-13)16(20)17(2,3)14-8-5-6-9-15(14)21-4/h5-6,8-9,13,18H,7,10-12H2,1-4H3. The SMILES string of the molecule is COc1ccccc1C(C)(C)C(=O)N1CCCNC(C)C1. The van der Waals surface area contributed by atoms with Gasteiger partial charge in [0, 0.05) is 24.7 Å². The maximum Gasteiger partial charge on any atom is 0.232 e. The molecule has 1 aliphatic heterocycles. The summed E-state index contributed by atoms with van der Waals surface area (Å²) in [6.07, 6.45) is 0.998. The molecule has 0 aliphatic carbocycles. The summed E-state index contributed by atoms with van der Waals surface area (Å²) in [6, 6.07) is 8.12. The third-order valence-electron chi connectivity index (χ3n) is 4.19. The summed E-state index contributed by atoms with van der Waals surface area (Å²) in [5, 5.41) is 3.42. The predicted octanol–water partition coefficient (Wildman–Crippen LogP) is 2.18.